The number of aromatic nitrogens is 1. The Morgan fingerprint density at radius 1 is 1.71 bits per heavy atom. The highest BCUT2D eigenvalue weighted by molar-refractivity contribution is 7.09. The van der Waals surface area contributed by atoms with Crippen LogP contribution < -0.4 is 0 Å². The van der Waals surface area contributed by atoms with Gasteiger partial charge in [-0.05, 0) is 13.0 Å². The molecule has 1 aromatic heterocycles. The molecule has 2 heterocycles. The number of thiazole rings is 1. The number of rotatable bonds is 5. The molecule has 0 radical (unpaired) electrons. The van der Waals surface area contributed by atoms with Gasteiger partial charge in [-0.1, -0.05) is 6.92 Å². The maximum absolute atomic E-state index is 12.0. The Labute approximate surface area is 106 Å². The van der Waals surface area contributed by atoms with Crippen LogP contribution in [0.2, 0.25) is 0 Å². The molecule has 0 saturated carbocycles. The van der Waals surface area contributed by atoms with Gasteiger partial charge >= 0.3 is 0 Å². The first kappa shape index (κ1) is 12.7. The van der Waals surface area contributed by atoms with Crippen molar-refractivity contribution in [2.75, 3.05) is 26.2 Å². The van der Waals surface area contributed by atoms with E-state index in [1.54, 1.807) is 6.20 Å². The van der Waals surface area contributed by atoms with Crippen LogP contribution in [0.25, 0.3) is 0 Å². The van der Waals surface area contributed by atoms with Crippen molar-refractivity contribution in [3.8, 4) is 0 Å². The molecular weight excluding hydrogens is 236 g/mol. The van der Waals surface area contributed by atoms with E-state index in [0.717, 1.165) is 31.1 Å². The third-order valence-electron chi connectivity index (χ3n) is 2.86. The number of carbonyl (C=O) groups excluding carboxylic acids is 1. The topological polar surface area (TPSA) is 42.4 Å². The summed E-state index contributed by atoms with van der Waals surface area (Å²) in [6.07, 6.45) is 2.99. The maximum atomic E-state index is 12.0. The van der Waals surface area contributed by atoms with Gasteiger partial charge in [0.15, 0.2) is 5.78 Å². The van der Waals surface area contributed by atoms with Crippen LogP contribution in [0, 0.1) is 0 Å². The molecule has 1 unspecified atom stereocenters. The molecule has 0 aliphatic carbocycles. The molecule has 0 spiro atoms. The van der Waals surface area contributed by atoms with Crippen LogP contribution in [-0.2, 0) is 16.0 Å². The lowest BCUT2D eigenvalue weighted by Crippen LogP contribution is -2.46. The molecule has 1 aliphatic heterocycles. The molecule has 1 aliphatic rings. The van der Waals surface area contributed by atoms with Crippen molar-refractivity contribution in [2.45, 2.75) is 25.9 Å². The van der Waals surface area contributed by atoms with Gasteiger partial charge in [0, 0.05) is 24.7 Å². The highest BCUT2D eigenvalue weighted by atomic mass is 32.1. The van der Waals surface area contributed by atoms with Crippen LogP contribution in [0.4, 0.5) is 0 Å². The zero-order valence-electron chi connectivity index (χ0n) is 10.1. The number of hydrogen-bond donors (Lipinski definition) is 0. The third kappa shape index (κ3) is 3.59. The lowest BCUT2D eigenvalue weighted by molar-refractivity contribution is -0.135. The Bertz CT molecular complexity index is 351. The second-order valence-electron chi connectivity index (χ2n) is 4.23. The number of nitrogens with zero attached hydrogens (tertiary/aromatic N) is 2. The number of ketones is 1. The zero-order chi connectivity index (χ0) is 12.1. The fourth-order valence-corrected chi connectivity index (χ4v) is 2.65. The van der Waals surface area contributed by atoms with Gasteiger partial charge in [0.05, 0.1) is 18.0 Å². The van der Waals surface area contributed by atoms with Gasteiger partial charge in [0.25, 0.3) is 0 Å². The Kier molecular flexibility index (Phi) is 4.65. The molecule has 94 valence electrons. The molecule has 0 N–H and O–H groups in total. The van der Waals surface area contributed by atoms with Crippen LogP contribution >= 0.6 is 11.3 Å². The van der Waals surface area contributed by atoms with E-state index in [0.29, 0.717) is 13.0 Å². The summed E-state index contributed by atoms with van der Waals surface area (Å²) in [5.41, 5.74) is 0. The van der Waals surface area contributed by atoms with Crippen molar-refractivity contribution < 1.29 is 9.53 Å². The van der Waals surface area contributed by atoms with Crippen molar-refractivity contribution in [3.05, 3.63) is 16.6 Å². The van der Waals surface area contributed by atoms with Gasteiger partial charge < -0.3 is 4.74 Å². The molecular formula is C12H18N2O2S. The molecule has 0 amide bonds. The largest absolute Gasteiger partial charge is 0.368 e. The van der Waals surface area contributed by atoms with E-state index in [1.165, 1.54) is 11.3 Å². The van der Waals surface area contributed by atoms with Crippen molar-refractivity contribution >= 4 is 17.1 Å². The quantitative estimate of drug-likeness (QED) is 0.796. The lowest BCUT2D eigenvalue weighted by atomic mass is 10.1. The van der Waals surface area contributed by atoms with Crippen LogP contribution in [0.3, 0.4) is 0 Å². The third-order valence-corrected chi connectivity index (χ3v) is 3.64. The van der Waals surface area contributed by atoms with Crippen molar-refractivity contribution in [3.63, 3.8) is 0 Å². The highest BCUT2D eigenvalue weighted by Crippen LogP contribution is 2.11. The van der Waals surface area contributed by atoms with Gasteiger partial charge in [-0.15, -0.1) is 11.3 Å². The van der Waals surface area contributed by atoms with Crippen LogP contribution in [-0.4, -0.2) is 48.0 Å². The minimum absolute atomic E-state index is 0.153. The van der Waals surface area contributed by atoms with E-state index in [2.05, 4.69) is 16.8 Å². The molecule has 2 rings (SSSR count). The van der Waals surface area contributed by atoms with Gasteiger partial charge in [0.2, 0.25) is 0 Å². The fraction of sp³-hybridized carbons (Fsp3) is 0.667. The average Bonchev–Trinajstić information content (AvgIpc) is 2.83. The first-order valence-corrected chi connectivity index (χ1v) is 6.92. The number of hydrogen-bond acceptors (Lipinski definition) is 5. The second kappa shape index (κ2) is 6.23. The Morgan fingerprint density at radius 3 is 3.29 bits per heavy atom. The lowest BCUT2D eigenvalue weighted by Gasteiger charge is -2.31. The monoisotopic (exact) mass is 254 g/mol. The molecule has 1 atom stereocenters. The molecule has 0 bridgehead atoms. The minimum atomic E-state index is -0.265. The molecule has 1 saturated heterocycles. The molecule has 0 aromatic carbocycles. The molecule has 17 heavy (non-hydrogen) atoms. The summed E-state index contributed by atoms with van der Waals surface area (Å²) in [5.74, 6) is 0.153. The van der Waals surface area contributed by atoms with Crippen molar-refractivity contribution in [2.24, 2.45) is 0 Å². The summed E-state index contributed by atoms with van der Waals surface area (Å²) in [6.45, 7) is 5.54. The average molecular weight is 254 g/mol. The van der Waals surface area contributed by atoms with Crippen molar-refractivity contribution in [1.29, 1.82) is 0 Å². The van der Waals surface area contributed by atoms with E-state index in [4.69, 9.17) is 4.74 Å². The number of carbonyl (C=O) groups is 1. The summed E-state index contributed by atoms with van der Waals surface area (Å²) >= 11 is 1.53. The zero-order valence-corrected chi connectivity index (χ0v) is 10.9. The normalized spacial score (nSPS) is 21.6. The first-order valence-electron chi connectivity index (χ1n) is 6.04. The highest BCUT2D eigenvalue weighted by Gasteiger charge is 2.26. The van der Waals surface area contributed by atoms with E-state index < -0.39 is 0 Å². The first-order chi connectivity index (χ1) is 8.29. The maximum Gasteiger partial charge on any atom is 0.169 e. The van der Waals surface area contributed by atoms with Gasteiger partial charge in [-0.2, -0.15) is 0 Å². The number of ether oxygens (including phenoxy) is 1. The van der Waals surface area contributed by atoms with Crippen LogP contribution in [0.15, 0.2) is 11.6 Å². The summed E-state index contributed by atoms with van der Waals surface area (Å²) in [7, 11) is 0. The van der Waals surface area contributed by atoms with Crippen LogP contribution in [0.5, 0.6) is 0 Å². The number of morpholine rings is 1. The smallest absolute Gasteiger partial charge is 0.169 e. The van der Waals surface area contributed by atoms with Gasteiger partial charge in [0.1, 0.15) is 6.10 Å². The summed E-state index contributed by atoms with van der Waals surface area (Å²) in [4.78, 5) is 18.5. The SMILES string of the molecule is CCCN1CCOC(C(=O)Cc2nccs2)C1. The summed E-state index contributed by atoms with van der Waals surface area (Å²) in [5, 5.41) is 2.78. The predicted molar refractivity (Wildman–Crippen MR) is 67.3 cm³/mol. The molecule has 5 heteroatoms. The Balaban J connectivity index is 1.86. The van der Waals surface area contributed by atoms with Crippen LogP contribution in [0.1, 0.15) is 18.4 Å². The van der Waals surface area contributed by atoms with Gasteiger partial charge in [-0.3, -0.25) is 9.69 Å². The van der Waals surface area contributed by atoms with E-state index in [1.807, 2.05) is 5.38 Å². The molecule has 4 nitrogen and oxygen atoms in total. The van der Waals surface area contributed by atoms with Gasteiger partial charge in [-0.25, -0.2) is 4.98 Å². The molecule has 1 aromatic rings. The number of Topliss-reactive ketones (excluding diaryl/α,β-unsaturated/α-hetero) is 1. The Morgan fingerprint density at radius 2 is 2.59 bits per heavy atom. The second-order valence-corrected chi connectivity index (χ2v) is 5.21. The fourth-order valence-electron chi connectivity index (χ4n) is 2.02. The predicted octanol–water partition coefficient (Wildman–Crippen LogP) is 1.37. The van der Waals surface area contributed by atoms with E-state index >= 15 is 0 Å². The molecule has 1 fully saturated rings. The summed E-state index contributed by atoms with van der Waals surface area (Å²) in [6, 6.07) is 0. The van der Waals surface area contributed by atoms with E-state index in [9.17, 15) is 4.79 Å². The summed E-state index contributed by atoms with van der Waals surface area (Å²) < 4.78 is 5.55. The Hall–Kier alpha value is -0.780. The van der Waals surface area contributed by atoms with Crippen molar-refractivity contribution in [1.82, 2.24) is 9.88 Å². The van der Waals surface area contributed by atoms with E-state index in [-0.39, 0.29) is 11.9 Å². The minimum Gasteiger partial charge on any atom is -0.368 e. The standard InChI is InChI=1S/C12H18N2O2S/c1-2-4-14-5-6-16-11(9-14)10(15)8-12-13-3-7-17-12/h3,7,11H,2,4-6,8-9H2,1H3.